The molecule has 1 atom stereocenters. The van der Waals surface area contributed by atoms with E-state index < -0.39 is 12.7 Å². The molecule has 3 heteroatoms. The van der Waals surface area contributed by atoms with Crippen molar-refractivity contribution in [1.29, 1.82) is 0 Å². The van der Waals surface area contributed by atoms with Crippen LogP contribution in [0.5, 0.6) is 0 Å². The molecule has 4 aromatic carbocycles. The number of hydrogen-bond donors (Lipinski definition) is 0. The Hall–Kier alpha value is -4.00. The molecule has 0 radical (unpaired) electrons. The molecule has 2 nitrogen and oxygen atoms in total. The summed E-state index contributed by atoms with van der Waals surface area (Å²) in [5, 5.41) is 1.72. The molecule has 6 rings (SSSR count). The lowest BCUT2D eigenvalue weighted by atomic mass is 9.90. The molecule has 1 aliphatic rings. The molecule has 0 bridgehead atoms. The highest BCUT2D eigenvalue weighted by Crippen LogP contribution is 2.50. The van der Waals surface area contributed by atoms with Gasteiger partial charge in [-0.2, -0.15) is 0 Å². The van der Waals surface area contributed by atoms with E-state index >= 15 is 4.57 Å². The predicted octanol–water partition coefficient (Wildman–Crippen LogP) is 5.98. The van der Waals surface area contributed by atoms with E-state index in [2.05, 4.69) is 77.5 Å². The minimum Gasteiger partial charge on any atom is -0.313 e. The van der Waals surface area contributed by atoms with Gasteiger partial charge in [-0.05, 0) is 6.07 Å². The molecule has 2 heterocycles. The molecule has 0 unspecified atom stereocenters. The predicted molar refractivity (Wildman–Crippen MR) is 147 cm³/mol. The van der Waals surface area contributed by atoms with Crippen molar-refractivity contribution in [3.8, 4) is 0 Å². The standard InChI is InChI=1S/C33H26NOP/c35-36(29-19-9-3-10-20-29,30-21-11-4-12-22-30)26-33(28-17-7-2-8-18-28)25-31(27-15-5-1-6-16-27)32-23-13-14-24-34(32)33/h1-24H,26H2/t33-/m0/s1. The van der Waals surface area contributed by atoms with Crippen LogP contribution in [0.3, 0.4) is 0 Å². The average molecular weight is 484 g/mol. The highest BCUT2D eigenvalue weighted by Gasteiger charge is 2.47. The quantitative estimate of drug-likeness (QED) is 0.165. The molecule has 0 aliphatic carbocycles. The van der Waals surface area contributed by atoms with Crippen molar-refractivity contribution in [3.05, 3.63) is 169 Å². The van der Waals surface area contributed by atoms with E-state index in [0.717, 1.165) is 33.0 Å². The van der Waals surface area contributed by atoms with Crippen LogP contribution in [-0.4, -0.2) is 6.16 Å². The van der Waals surface area contributed by atoms with Crippen LogP contribution in [0.25, 0.3) is 5.57 Å². The number of hydrogen-bond acceptors (Lipinski definition) is 1. The lowest BCUT2D eigenvalue weighted by molar-refractivity contribution is -0.736. The fourth-order valence-electron chi connectivity index (χ4n) is 5.26. The first-order valence-corrected chi connectivity index (χ1v) is 14.1. The number of benzene rings is 4. The monoisotopic (exact) mass is 483 g/mol. The fourth-order valence-corrected chi connectivity index (χ4v) is 8.29. The number of aromatic nitrogens is 1. The van der Waals surface area contributed by atoms with Crippen LogP contribution in [0.4, 0.5) is 0 Å². The SMILES string of the molecule is O=P(C[C@]1(c2ccccc2)[C-]=C(c2ccccc2)c2cccc[n+]21)(c1ccccc1)c1ccccc1. The molecule has 1 aliphatic heterocycles. The number of allylic oxidation sites excluding steroid dienone is 1. The second kappa shape index (κ2) is 9.22. The molecular weight excluding hydrogens is 457 g/mol. The summed E-state index contributed by atoms with van der Waals surface area (Å²) >= 11 is 0. The van der Waals surface area contributed by atoms with Crippen LogP contribution >= 0.6 is 7.14 Å². The van der Waals surface area contributed by atoms with Crippen molar-refractivity contribution in [2.24, 2.45) is 0 Å². The van der Waals surface area contributed by atoms with Crippen molar-refractivity contribution in [3.63, 3.8) is 0 Å². The van der Waals surface area contributed by atoms with Crippen molar-refractivity contribution in [2.45, 2.75) is 5.54 Å². The Labute approximate surface area is 212 Å². The van der Waals surface area contributed by atoms with Gasteiger partial charge in [-0.25, -0.2) is 4.57 Å². The van der Waals surface area contributed by atoms with Crippen LogP contribution in [0.2, 0.25) is 0 Å². The summed E-state index contributed by atoms with van der Waals surface area (Å²) in [6.07, 6.45) is 6.39. The first kappa shape index (κ1) is 22.5. The first-order valence-electron chi connectivity index (χ1n) is 12.2. The third-order valence-corrected chi connectivity index (χ3v) is 10.1. The van der Waals surface area contributed by atoms with E-state index in [4.69, 9.17) is 0 Å². The maximum atomic E-state index is 15.3. The zero-order chi connectivity index (χ0) is 24.4. The van der Waals surface area contributed by atoms with Gasteiger partial charge in [0.25, 0.3) is 0 Å². The van der Waals surface area contributed by atoms with Gasteiger partial charge in [0.2, 0.25) is 0 Å². The number of rotatable bonds is 6. The normalized spacial score (nSPS) is 16.8. The Morgan fingerprint density at radius 3 is 1.69 bits per heavy atom. The summed E-state index contributed by atoms with van der Waals surface area (Å²) in [6, 6.07) is 46.9. The van der Waals surface area contributed by atoms with Gasteiger partial charge in [0, 0.05) is 22.2 Å². The van der Waals surface area contributed by atoms with Gasteiger partial charge >= 0.3 is 0 Å². The minimum atomic E-state index is -3.07. The molecule has 0 saturated carbocycles. The summed E-state index contributed by atoms with van der Waals surface area (Å²) in [4.78, 5) is 0. The second-order valence-corrected chi connectivity index (χ2v) is 11.9. The van der Waals surface area contributed by atoms with Crippen LogP contribution in [0.15, 0.2) is 146 Å². The lowest BCUT2D eigenvalue weighted by Gasteiger charge is -2.32. The van der Waals surface area contributed by atoms with Crippen LogP contribution in [0, 0.1) is 6.08 Å². The molecular formula is C33H26NOP. The van der Waals surface area contributed by atoms with Crippen molar-refractivity contribution >= 4 is 23.3 Å². The maximum absolute atomic E-state index is 15.3. The Balaban J connectivity index is 1.65. The Morgan fingerprint density at radius 2 is 1.11 bits per heavy atom. The van der Waals surface area contributed by atoms with Crippen molar-refractivity contribution in [2.75, 3.05) is 6.16 Å². The van der Waals surface area contributed by atoms with Gasteiger partial charge < -0.3 is 4.57 Å². The minimum absolute atomic E-state index is 0.385. The Bertz CT molecular complexity index is 1520. The van der Waals surface area contributed by atoms with Gasteiger partial charge in [0.15, 0.2) is 11.7 Å². The molecule has 1 aromatic heterocycles. The van der Waals surface area contributed by atoms with Crippen molar-refractivity contribution in [1.82, 2.24) is 0 Å². The molecule has 36 heavy (non-hydrogen) atoms. The molecule has 0 N–H and O–H groups in total. The molecule has 0 saturated heterocycles. The molecule has 0 spiro atoms. The lowest BCUT2D eigenvalue weighted by Crippen LogP contribution is -2.58. The highest BCUT2D eigenvalue weighted by molar-refractivity contribution is 7.78. The van der Waals surface area contributed by atoms with Gasteiger partial charge in [0.05, 0.1) is 6.16 Å². The third-order valence-electron chi connectivity index (χ3n) is 6.97. The van der Waals surface area contributed by atoms with Crippen LogP contribution in [-0.2, 0) is 10.1 Å². The van der Waals surface area contributed by atoms with E-state index in [0.29, 0.717) is 6.16 Å². The van der Waals surface area contributed by atoms with Gasteiger partial charge in [-0.3, -0.25) is 0 Å². The van der Waals surface area contributed by atoms with Gasteiger partial charge in [0.1, 0.15) is 12.8 Å². The van der Waals surface area contributed by atoms with E-state index in [1.807, 2.05) is 78.9 Å². The first-order chi connectivity index (χ1) is 17.7. The Morgan fingerprint density at radius 1 is 0.611 bits per heavy atom. The fraction of sp³-hybridized carbons (Fsp3) is 0.0606. The number of nitrogens with zero attached hydrogens (tertiary/aromatic N) is 1. The second-order valence-electron chi connectivity index (χ2n) is 9.12. The summed E-state index contributed by atoms with van der Waals surface area (Å²) in [7, 11) is -3.07. The molecule has 174 valence electrons. The number of pyridine rings is 1. The third kappa shape index (κ3) is 3.75. The zero-order valence-corrected chi connectivity index (χ0v) is 20.8. The summed E-state index contributed by atoms with van der Waals surface area (Å²) in [5.41, 5.74) is 3.53. The summed E-state index contributed by atoms with van der Waals surface area (Å²) < 4.78 is 17.6. The van der Waals surface area contributed by atoms with Crippen LogP contribution in [0.1, 0.15) is 16.8 Å². The van der Waals surface area contributed by atoms with E-state index in [1.165, 1.54) is 0 Å². The number of fused-ring (bicyclic) bond motifs is 1. The van der Waals surface area contributed by atoms with E-state index in [-0.39, 0.29) is 0 Å². The van der Waals surface area contributed by atoms with Gasteiger partial charge in [-0.15, -0.1) is 29.3 Å². The topological polar surface area (TPSA) is 20.9 Å². The average Bonchev–Trinajstić information content (AvgIpc) is 3.30. The largest absolute Gasteiger partial charge is 0.313 e. The zero-order valence-electron chi connectivity index (χ0n) is 19.9. The van der Waals surface area contributed by atoms with Crippen molar-refractivity contribution < 1.29 is 9.13 Å². The summed E-state index contributed by atoms with van der Waals surface area (Å²) in [6.45, 7) is 0. The molecule has 0 amide bonds. The maximum Gasteiger partial charge on any atom is 0.163 e. The van der Waals surface area contributed by atoms with E-state index in [9.17, 15) is 0 Å². The smallest absolute Gasteiger partial charge is 0.163 e. The Kier molecular flexibility index (Phi) is 5.76. The highest BCUT2D eigenvalue weighted by atomic mass is 31.2. The molecule has 5 aromatic rings. The molecule has 0 fully saturated rings. The van der Waals surface area contributed by atoms with Gasteiger partial charge in [-0.1, -0.05) is 115 Å². The van der Waals surface area contributed by atoms with E-state index in [1.54, 1.807) is 0 Å². The van der Waals surface area contributed by atoms with Crippen LogP contribution < -0.4 is 15.2 Å². The summed E-state index contributed by atoms with van der Waals surface area (Å²) in [5.74, 6) is 0.